The molecule has 1 atom stereocenters. The van der Waals surface area contributed by atoms with Crippen molar-refractivity contribution < 1.29 is 9.47 Å². The van der Waals surface area contributed by atoms with Crippen LogP contribution in [0.3, 0.4) is 0 Å². The fraction of sp³-hybridized carbons (Fsp3) is 0.417. The molecule has 0 bridgehead atoms. The number of piperidine rings is 1. The van der Waals surface area contributed by atoms with E-state index in [2.05, 4.69) is 64.7 Å². The van der Waals surface area contributed by atoms with Gasteiger partial charge in [0.2, 0.25) is 0 Å². The normalized spacial score (nSPS) is 23.0. The van der Waals surface area contributed by atoms with Crippen molar-refractivity contribution >= 4 is 5.70 Å². The van der Waals surface area contributed by atoms with Crippen molar-refractivity contribution in [3.8, 4) is 11.5 Å². The summed E-state index contributed by atoms with van der Waals surface area (Å²) in [6.07, 6.45) is 5.51. The first-order chi connectivity index (χ1) is 14.2. The van der Waals surface area contributed by atoms with Crippen molar-refractivity contribution in [3.05, 3.63) is 65.7 Å². The Morgan fingerprint density at radius 2 is 1.97 bits per heavy atom. The summed E-state index contributed by atoms with van der Waals surface area (Å²) in [4.78, 5) is 2.55. The second-order valence-corrected chi connectivity index (χ2v) is 8.17. The molecule has 0 unspecified atom stereocenters. The monoisotopic (exact) mass is 391 g/mol. The van der Waals surface area contributed by atoms with E-state index in [1.165, 1.54) is 12.0 Å². The second kappa shape index (κ2) is 7.39. The minimum absolute atomic E-state index is 0.166. The molecule has 1 saturated heterocycles. The molecule has 0 radical (unpaired) electrons. The molecular formula is C24H29N3O2. The maximum atomic E-state index is 6.71. The largest absolute Gasteiger partial charge is 0.497 e. The maximum absolute atomic E-state index is 6.71. The predicted octanol–water partition coefficient (Wildman–Crippen LogP) is 4.19. The van der Waals surface area contributed by atoms with E-state index in [-0.39, 0.29) is 11.8 Å². The number of ether oxygens (including phenoxy) is 2. The number of benzene rings is 2. The van der Waals surface area contributed by atoms with E-state index >= 15 is 0 Å². The summed E-state index contributed by atoms with van der Waals surface area (Å²) in [6.45, 7) is 5.54. The van der Waals surface area contributed by atoms with Crippen molar-refractivity contribution in [1.29, 1.82) is 0 Å². The number of hydrogen-bond donors (Lipinski definition) is 1. The Bertz CT molecular complexity index is 918. The van der Waals surface area contributed by atoms with Gasteiger partial charge in [0, 0.05) is 37.1 Å². The molecular weight excluding hydrogens is 362 g/mol. The Labute approximate surface area is 172 Å². The number of likely N-dealkylation sites (tertiary alicyclic amines) is 1. The van der Waals surface area contributed by atoms with Gasteiger partial charge >= 0.3 is 0 Å². The highest BCUT2D eigenvalue weighted by molar-refractivity contribution is 5.68. The third kappa shape index (κ3) is 3.18. The van der Waals surface area contributed by atoms with E-state index in [1.807, 2.05) is 12.1 Å². The van der Waals surface area contributed by atoms with Crippen molar-refractivity contribution in [1.82, 2.24) is 15.3 Å². The van der Waals surface area contributed by atoms with Crippen LogP contribution >= 0.6 is 0 Å². The van der Waals surface area contributed by atoms with Crippen LogP contribution in [-0.4, -0.2) is 42.4 Å². The molecule has 5 nitrogen and oxygen atoms in total. The Balaban J connectivity index is 1.50. The molecule has 0 aromatic heterocycles. The topological polar surface area (TPSA) is 37.0 Å². The molecule has 0 aliphatic carbocycles. The zero-order valence-corrected chi connectivity index (χ0v) is 17.2. The van der Waals surface area contributed by atoms with Gasteiger partial charge in [-0.05, 0) is 37.2 Å². The molecule has 5 rings (SSSR count). The zero-order valence-electron chi connectivity index (χ0n) is 17.2. The van der Waals surface area contributed by atoms with Gasteiger partial charge in [0.25, 0.3) is 0 Å². The molecule has 3 aliphatic rings. The summed E-state index contributed by atoms with van der Waals surface area (Å²) in [6, 6.07) is 16.9. The van der Waals surface area contributed by atoms with Crippen LogP contribution in [-0.2, 0) is 0 Å². The molecule has 2 aromatic carbocycles. The van der Waals surface area contributed by atoms with E-state index < -0.39 is 0 Å². The summed E-state index contributed by atoms with van der Waals surface area (Å²) in [5.74, 6) is 1.89. The third-order valence-corrected chi connectivity index (χ3v) is 6.38. The summed E-state index contributed by atoms with van der Waals surface area (Å²) in [7, 11) is 1.71. The minimum atomic E-state index is -0.319. The van der Waals surface area contributed by atoms with Gasteiger partial charge in [0.1, 0.15) is 11.5 Å². The number of para-hydroxylation sites is 1. The first kappa shape index (κ1) is 18.5. The quantitative estimate of drug-likeness (QED) is 0.846. The Hall–Kier alpha value is -2.50. The summed E-state index contributed by atoms with van der Waals surface area (Å²) < 4.78 is 12.1. The molecule has 2 aromatic rings. The van der Waals surface area contributed by atoms with Gasteiger partial charge in [0.05, 0.1) is 18.8 Å². The highest BCUT2D eigenvalue weighted by atomic mass is 16.5. The van der Waals surface area contributed by atoms with Gasteiger partial charge in [-0.2, -0.15) is 5.01 Å². The maximum Gasteiger partial charge on any atom is 0.182 e. The molecule has 3 aliphatic heterocycles. The van der Waals surface area contributed by atoms with Gasteiger partial charge in [-0.1, -0.05) is 37.3 Å². The van der Waals surface area contributed by atoms with Crippen LogP contribution in [0.2, 0.25) is 0 Å². The van der Waals surface area contributed by atoms with E-state index in [9.17, 15) is 0 Å². The molecule has 152 valence electrons. The van der Waals surface area contributed by atoms with E-state index in [4.69, 9.17) is 9.47 Å². The smallest absolute Gasteiger partial charge is 0.182 e. The number of nitrogens with zero attached hydrogens (tertiary/aromatic N) is 2. The molecule has 0 amide bonds. The van der Waals surface area contributed by atoms with Crippen LogP contribution in [0.25, 0.3) is 5.70 Å². The lowest BCUT2D eigenvalue weighted by Gasteiger charge is -2.51. The minimum Gasteiger partial charge on any atom is -0.497 e. The summed E-state index contributed by atoms with van der Waals surface area (Å²) in [5.41, 5.74) is 6.86. The summed E-state index contributed by atoms with van der Waals surface area (Å²) >= 11 is 0. The SMILES string of the molecule is CCCN1CCC2(CC1)Oc1ccccc1[C@@H]1C=C(c3cccc(OC)c3)NN12. The van der Waals surface area contributed by atoms with Crippen molar-refractivity contribution in [2.24, 2.45) is 0 Å². The zero-order chi connectivity index (χ0) is 19.8. The van der Waals surface area contributed by atoms with Gasteiger partial charge in [0.15, 0.2) is 5.72 Å². The van der Waals surface area contributed by atoms with Crippen LogP contribution in [0.4, 0.5) is 0 Å². The Morgan fingerprint density at radius 1 is 1.14 bits per heavy atom. The van der Waals surface area contributed by atoms with E-state index in [0.29, 0.717) is 0 Å². The predicted molar refractivity (Wildman–Crippen MR) is 114 cm³/mol. The van der Waals surface area contributed by atoms with E-state index in [1.54, 1.807) is 7.11 Å². The van der Waals surface area contributed by atoms with Crippen LogP contribution in [0, 0.1) is 0 Å². The highest BCUT2D eigenvalue weighted by Crippen LogP contribution is 2.48. The highest BCUT2D eigenvalue weighted by Gasteiger charge is 2.51. The van der Waals surface area contributed by atoms with Gasteiger partial charge in [-0.25, -0.2) is 0 Å². The Morgan fingerprint density at radius 3 is 2.76 bits per heavy atom. The molecule has 0 saturated carbocycles. The lowest BCUT2D eigenvalue weighted by atomic mass is 9.92. The number of hydrogen-bond acceptors (Lipinski definition) is 5. The molecule has 3 heterocycles. The molecule has 1 N–H and O–H groups in total. The first-order valence-corrected chi connectivity index (χ1v) is 10.6. The van der Waals surface area contributed by atoms with Gasteiger partial charge in [-0.3, -0.25) is 0 Å². The van der Waals surface area contributed by atoms with E-state index in [0.717, 1.165) is 55.2 Å². The molecule has 29 heavy (non-hydrogen) atoms. The van der Waals surface area contributed by atoms with Crippen molar-refractivity contribution in [2.45, 2.75) is 38.0 Å². The van der Waals surface area contributed by atoms with Gasteiger partial charge in [-0.15, -0.1) is 0 Å². The third-order valence-electron chi connectivity index (χ3n) is 6.38. The number of methoxy groups -OCH3 is 1. The van der Waals surface area contributed by atoms with Crippen LogP contribution in [0.15, 0.2) is 54.6 Å². The number of rotatable bonds is 4. The molecule has 5 heteroatoms. The van der Waals surface area contributed by atoms with Crippen LogP contribution in [0.1, 0.15) is 43.4 Å². The number of nitrogens with one attached hydrogen (secondary N) is 1. The lowest BCUT2D eigenvalue weighted by Crippen LogP contribution is -2.63. The van der Waals surface area contributed by atoms with Crippen molar-refractivity contribution in [2.75, 3.05) is 26.7 Å². The summed E-state index contributed by atoms with van der Waals surface area (Å²) in [5, 5.41) is 2.35. The van der Waals surface area contributed by atoms with Crippen LogP contribution in [0.5, 0.6) is 11.5 Å². The number of fused-ring (bicyclic) bond motifs is 4. The molecule has 1 fully saturated rings. The van der Waals surface area contributed by atoms with Crippen LogP contribution < -0.4 is 14.9 Å². The van der Waals surface area contributed by atoms with Gasteiger partial charge < -0.3 is 19.8 Å². The lowest BCUT2D eigenvalue weighted by molar-refractivity contribution is -0.159. The number of hydrazine groups is 1. The Kier molecular flexibility index (Phi) is 4.72. The van der Waals surface area contributed by atoms with Crippen molar-refractivity contribution in [3.63, 3.8) is 0 Å². The first-order valence-electron chi connectivity index (χ1n) is 10.6. The standard InChI is InChI=1S/C24H29N3O2/c1-3-13-26-14-11-24(12-15-26)27-22(20-9-4-5-10-23(20)29-24)17-21(25-27)18-7-6-8-19(16-18)28-2/h4-10,16-17,22,25H,3,11-15H2,1-2H3/t22-/m0/s1. The fourth-order valence-electron chi connectivity index (χ4n) is 4.86. The average molecular weight is 392 g/mol. The average Bonchev–Trinajstić information content (AvgIpc) is 3.23. The fourth-order valence-corrected chi connectivity index (χ4v) is 4.86. The molecule has 1 spiro atoms. The second-order valence-electron chi connectivity index (χ2n) is 8.17.